The van der Waals surface area contributed by atoms with Crippen molar-refractivity contribution >= 4 is 27.5 Å². The van der Waals surface area contributed by atoms with Gasteiger partial charge in [-0.3, -0.25) is 13.9 Å². The average Bonchev–Trinajstić information content (AvgIpc) is 2.97. The fourth-order valence-electron chi connectivity index (χ4n) is 4.48. The molecule has 40 heavy (non-hydrogen) atoms. The van der Waals surface area contributed by atoms with Gasteiger partial charge in [0.05, 0.1) is 10.6 Å². The molecule has 3 rings (SSSR count). The highest BCUT2D eigenvalue weighted by molar-refractivity contribution is 7.92. The maximum atomic E-state index is 14.1. The van der Waals surface area contributed by atoms with Crippen LogP contribution in [0.25, 0.3) is 0 Å². The van der Waals surface area contributed by atoms with Gasteiger partial charge in [0.25, 0.3) is 10.0 Å². The van der Waals surface area contributed by atoms with Crippen LogP contribution in [0.2, 0.25) is 0 Å². The molecule has 0 aliphatic carbocycles. The van der Waals surface area contributed by atoms with Gasteiger partial charge in [-0.1, -0.05) is 75.4 Å². The number of rotatable bonds is 13. The molecule has 8 heteroatoms. The quantitative estimate of drug-likeness (QED) is 0.299. The summed E-state index contributed by atoms with van der Waals surface area (Å²) < 4.78 is 28.9. The molecule has 2 atom stereocenters. The van der Waals surface area contributed by atoms with Crippen LogP contribution in [0.3, 0.4) is 0 Å². The highest BCUT2D eigenvalue weighted by Crippen LogP contribution is 2.25. The van der Waals surface area contributed by atoms with Crippen LogP contribution in [0, 0.1) is 6.92 Å². The number of amides is 2. The van der Waals surface area contributed by atoms with E-state index >= 15 is 0 Å². The summed E-state index contributed by atoms with van der Waals surface area (Å²) in [6.07, 6.45) is 1.94. The molecule has 0 fully saturated rings. The van der Waals surface area contributed by atoms with E-state index in [-0.39, 0.29) is 23.4 Å². The summed E-state index contributed by atoms with van der Waals surface area (Å²) in [5.74, 6) is -0.697. The van der Waals surface area contributed by atoms with Crippen molar-refractivity contribution in [2.24, 2.45) is 0 Å². The Morgan fingerprint density at radius 3 is 2.05 bits per heavy atom. The lowest BCUT2D eigenvalue weighted by Gasteiger charge is -2.34. The predicted molar refractivity (Wildman–Crippen MR) is 160 cm³/mol. The largest absolute Gasteiger partial charge is 0.352 e. The Hall–Kier alpha value is -3.65. The molecule has 214 valence electrons. The second-order valence-corrected chi connectivity index (χ2v) is 11.9. The molecular formula is C32H41N3O4S. The molecule has 1 N–H and O–H groups in total. The van der Waals surface area contributed by atoms with Gasteiger partial charge in [0.15, 0.2) is 0 Å². The third-order valence-electron chi connectivity index (χ3n) is 7.23. The second-order valence-electron chi connectivity index (χ2n) is 10.0. The fraction of sp³-hybridized carbons (Fsp3) is 0.375. The first kappa shape index (κ1) is 30.9. The SMILES string of the molecule is CCc1ccc(N(CC(=O)N(Cc2ccccc2C)[C@H](CC)C(=O)N[C@@H](C)CC)S(=O)(=O)c2ccccc2)cc1. The van der Waals surface area contributed by atoms with Crippen LogP contribution in [-0.2, 0) is 32.6 Å². The number of anilines is 1. The molecule has 0 unspecified atom stereocenters. The Morgan fingerprint density at radius 1 is 0.850 bits per heavy atom. The summed E-state index contributed by atoms with van der Waals surface area (Å²) in [4.78, 5) is 29.1. The first-order chi connectivity index (χ1) is 19.1. The van der Waals surface area contributed by atoms with Gasteiger partial charge >= 0.3 is 0 Å². The van der Waals surface area contributed by atoms with E-state index in [0.717, 1.165) is 33.8 Å². The number of benzene rings is 3. The predicted octanol–water partition coefficient (Wildman–Crippen LogP) is 5.47. The van der Waals surface area contributed by atoms with Crippen LogP contribution in [-0.4, -0.2) is 43.8 Å². The van der Waals surface area contributed by atoms with E-state index in [2.05, 4.69) is 5.32 Å². The molecular weight excluding hydrogens is 522 g/mol. The Morgan fingerprint density at radius 2 is 1.48 bits per heavy atom. The lowest BCUT2D eigenvalue weighted by Crippen LogP contribution is -2.53. The van der Waals surface area contributed by atoms with E-state index in [9.17, 15) is 18.0 Å². The number of carbonyl (C=O) groups excluding carboxylic acids is 2. The van der Waals surface area contributed by atoms with E-state index in [1.54, 1.807) is 30.3 Å². The molecule has 0 aromatic heterocycles. The van der Waals surface area contributed by atoms with E-state index in [4.69, 9.17) is 0 Å². The average molecular weight is 564 g/mol. The van der Waals surface area contributed by atoms with Crippen molar-refractivity contribution in [2.75, 3.05) is 10.8 Å². The van der Waals surface area contributed by atoms with Crippen molar-refractivity contribution in [3.63, 3.8) is 0 Å². The first-order valence-electron chi connectivity index (χ1n) is 13.9. The third-order valence-corrected chi connectivity index (χ3v) is 9.02. The zero-order valence-corrected chi connectivity index (χ0v) is 24.9. The number of sulfonamides is 1. The fourth-order valence-corrected chi connectivity index (χ4v) is 5.91. The number of nitrogens with zero attached hydrogens (tertiary/aromatic N) is 2. The van der Waals surface area contributed by atoms with Crippen LogP contribution in [0.4, 0.5) is 5.69 Å². The normalized spacial score (nSPS) is 12.8. The van der Waals surface area contributed by atoms with Crippen molar-refractivity contribution in [2.45, 2.75) is 77.4 Å². The zero-order valence-electron chi connectivity index (χ0n) is 24.1. The molecule has 0 bridgehead atoms. The van der Waals surface area contributed by atoms with Crippen molar-refractivity contribution in [1.82, 2.24) is 10.2 Å². The van der Waals surface area contributed by atoms with Crippen LogP contribution in [0.15, 0.2) is 83.8 Å². The zero-order chi connectivity index (χ0) is 29.3. The van der Waals surface area contributed by atoms with Gasteiger partial charge in [-0.05, 0) is 74.1 Å². The number of hydrogen-bond acceptors (Lipinski definition) is 4. The van der Waals surface area contributed by atoms with Gasteiger partial charge in [-0.25, -0.2) is 8.42 Å². The molecule has 7 nitrogen and oxygen atoms in total. The summed E-state index contributed by atoms with van der Waals surface area (Å²) in [7, 11) is -4.07. The van der Waals surface area contributed by atoms with Crippen molar-refractivity contribution in [1.29, 1.82) is 0 Å². The summed E-state index contributed by atoms with van der Waals surface area (Å²) in [5, 5.41) is 3.01. The Balaban J connectivity index is 2.06. The minimum Gasteiger partial charge on any atom is -0.352 e. The van der Waals surface area contributed by atoms with Crippen LogP contribution < -0.4 is 9.62 Å². The summed E-state index contributed by atoms with van der Waals surface area (Å²) in [6, 6.07) is 22.2. The smallest absolute Gasteiger partial charge is 0.264 e. The van der Waals surface area contributed by atoms with Crippen molar-refractivity contribution < 1.29 is 18.0 Å². The Labute approximate surface area is 239 Å². The van der Waals surface area contributed by atoms with Crippen molar-refractivity contribution in [3.8, 4) is 0 Å². The van der Waals surface area contributed by atoms with E-state index < -0.39 is 28.5 Å². The van der Waals surface area contributed by atoms with E-state index in [1.807, 2.05) is 71.0 Å². The van der Waals surface area contributed by atoms with Crippen LogP contribution in [0.1, 0.15) is 57.2 Å². The molecule has 0 aliphatic rings. The minimum absolute atomic E-state index is 0.0519. The van der Waals surface area contributed by atoms with Gasteiger partial charge in [0, 0.05) is 12.6 Å². The lowest BCUT2D eigenvalue weighted by molar-refractivity contribution is -0.140. The number of aryl methyl sites for hydroxylation is 2. The van der Waals surface area contributed by atoms with Crippen molar-refractivity contribution in [3.05, 3.63) is 95.6 Å². The molecule has 0 spiro atoms. The third kappa shape index (κ3) is 7.50. The minimum atomic E-state index is -4.07. The molecule has 2 amide bonds. The molecule has 0 saturated carbocycles. The Kier molecular flexibility index (Phi) is 10.9. The molecule has 0 saturated heterocycles. The molecule has 0 heterocycles. The van der Waals surface area contributed by atoms with Gasteiger partial charge in [0.2, 0.25) is 11.8 Å². The second kappa shape index (κ2) is 14.1. The van der Waals surface area contributed by atoms with Gasteiger partial charge in [0.1, 0.15) is 12.6 Å². The molecule has 3 aromatic carbocycles. The maximum Gasteiger partial charge on any atom is 0.264 e. The van der Waals surface area contributed by atoms with E-state index in [0.29, 0.717) is 12.1 Å². The van der Waals surface area contributed by atoms with Crippen LogP contribution in [0.5, 0.6) is 0 Å². The molecule has 3 aromatic rings. The standard InChI is InChI=1S/C32H41N3O4S/c1-6-25(5)33-32(37)30(8-3)34(22-27-15-13-12-14-24(27)4)31(36)23-35(28-20-18-26(7-2)19-21-28)40(38,39)29-16-10-9-11-17-29/h9-21,25,30H,6-8,22-23H2,1-5H3,(H,33,37)/t25-,30+/m0/s1. The molecule has 0 radical (unpaired) electrons. The lowest BCUT2D eigenvalue weighted by atomic mass is 10.1. The van der Waals surface area contributed by atoms with Gasteiger partial charge in [-0.15, -0.1) is 0 Å². The summed E-state index contributed by atoms with van der Waals surface area (Å²) in [6.45, 7) is 9.49. The van der Waals surface area contributed by atoms with Gasteiger partial charge in [-0.2, -0.15) is 0 Å². The summed E-state index contributed by atoms with van der Waals surface area (Å²) in [5.41, 5.74) is 3.33. The number of carbonyl (C=O) groups is 2. The summed E-state index contributed by atoms with van der Waals surface area (Å²) >= 11 is 0. The maximum absolute atomic E-state index is 14.1. The highest BCUT2D eigenvalue weighted by atomic mass is 32.2. The van der Waals surface area contributed by atoms with Gasteiger partial charge < -0.3 is 10.2 Å². The number of hydrogen-bond donors (Lipinski definition) is 1. The highest BCUT2D eigenvalue weighted by Gasteiger charge is 2.34. The topological polar surface area (TPSA) is 86.8 Å². The molecule has 0 aliphatic heterocycles. The Bertz CT molecular complexity index is 1370. The van der Waals surface area contributed by atoms with Crippen LogP contribution >= 0.6 is 0 Å². The first-order valence-corrected chi connectivity index (χ1v) is 15.4. The van der Waals surface area contributed by atoms with E-state index in [1.165, 1.54) is 17.0 Å². The number of nitrogens with one attached hydrogen (secondary N) is 1. The monoisotopic (exact) mass is 563 g/mol.